The number of rotatable bonds is 40. The van der Waals surface area contributed by atoms with E-state index in [4.69, 9.17) is 23.7 Å². The van der Waals surface area contributed by atoms with Gasteiger partial charge >= 0.3 is 0 Å². The van der Waals surface area contributed by atoms with Crippen molar-refractivity contribution in [3.8, 4) is 0 Å². The molecule has 0 spiro atoms. The van der Waals surface area contributed by atoms with Gasteiger partial charge in [-0.05, 0) is 64.2 Å². The Hall–Kier alpha value is -0.760. The fourth-order valence-electron chi connectivity index (χ4n) is 7.05. The Kier molecular flexibility index (Phi) is 33.8. The number of quaternary nitrogens is 1. The molecule has 0 aromatic heterocycles. The molecule has 53 heavy (non-hydrogen) atoms. The third kappa shape index (κ3) is 34.2. The molecule has 0 N–H and O–H groups in total. The third-order valence-electron chi connectivity index (χ3n) is 10.3. The van der Waals surface area contributed by atoms with E-state index in [2.05, 4.69) is 59.3 Å². The van der Waals surface area contributed by atoms with Gasteiger partial charge in [-0.3, -0.25) is 0 Å². The van der Waals surface area contributed by atoms with E-state index in [1.807, 2.05) is 6.92 Å². The minimum Gasteiger partial charge on any atom is -0.379 e. The molecule has 3 atom stereocenters. The van der Waals surface area contributed by atoms with Gasteiger partial charge in [-0.15, -0.1) is 0 Å². The Labute approximate surface area is 331 Å². The number of hydrogen-bond donors (Lipinski definition) is 0. The molecule has 3 unspecified atom stereocenters. The fourth-order valence-corrected chi connectivity index (χ4v) is 7.05. The second kappa shape index (κ2) is 35.6. The van der Waals surface area contributed by atoms with E-state index in [1.54, 1.807) is 0 Å². The van der Waals surface area contributed by atoms with Crippen LogP contribution in [-0.4, -0.2) is 83.4 Å². The number of nitrogens with zero attached hydrogens (tertiary/aromatic N) is 1. The van der Waals surface area contributed by atoms with Gasteiger partial charge in [-0.25, -0.2) is 0 Å². The maximum Gasteiger partial charge on any atom is 0.280 e. The first kappa shape index (κ1) is 50.3. The molecule has 1 heterocycles. The SMILES string of the molecule is CCCCCCCC/C=C\CCCCCCCCOCC(COC1(C)OCC(C[N+](C)(C)C)O1)OCCCCCCCC/C=C\CCCCCCCC. The Morgan fingerprint density at radius 3 is 1.43 bits per heavy atom. The van der Waals surface area contributed by atoms with Gasteiger partial charge in [0.1, 0.15) is 18.8 Å². The second-order valence-electron chi connectivity index (χ2n) is 17.1. The second-order valence-corrected chi connectivity index (χ2v) is 17.1. The predicted molar refractivity (Wildman–Crippen MR) is 228 cm³/mol. The monoisotopic (exact) mass is 751 g/mol. The Morgan fingerprint density at radius 2 is 0.981 bits per heavy atom. The van der Waals surface area contributed by atoms with E-state index >= 15 is 0 Å². The number of ether oxygens (including phenoxy) is 5. The highest BCUT2D eigenvalue weighted by molar-refractivity contribution is 4.82. The summed E-state index contributed by atoms with van der Waals surface area (Å²) in [5.74, 6) is -1.02. The molecule has 1 aliphatic heterocycles. The first-order valence-electron chi connectivity index (χ1n) is 23.0. The van der Waals surface area contributed by atoms with Crippen LogP contribution in [0, 0.1) is 0 Å². The van der Waals surface area contributed by atoms with Crippen LogP contribution < -0.4 is 0 Å². The largest absolute Gasteiger partial charge is 0.379 e. The highest BCUT2D eigenvalue weighted by Crippen LogP contribution is 2.26. The number of hydrogen-bond acceptors (Lipinski definition) is 5. The van der Waals surface area contributed by atoms with Crippen LogP contribution in [0.25, 0.3) is 0 Å². The molecule has 0 radical (unpaired) electrons. The van der Waals surface area contributed by atoms with Crippen molar-refractivity contribution >= 4 is 0 Å². The van der Waals surface area contributed by atoms with Crippen LogP contribution in [0.1, 0.15) is 201 Å². The molecule has 0 bridgehead atoms. The Balaban J connectivity index is 2.19. The quantitative estimate of drug-likeness (QED) is 0.0354. The lowest BCUT2D eigenvalue weighted by molar-refractivity contribution is -0.873. The lowest BCUT2D eigenvalue weighted by atomic mass is 10.1. The van der Waals surface area contributed by atoms with E-state index in [0.29, 0.717) is 19.8 Å². The first-order valence-corrected chi connectivity index (χ1v) is 23.0. The molecule has 1 fully saturated rings. The lowest BCUT2D eigenvalue weighted by Crippen LogP contribution is -2.43. The zero-order valence-corrected chi connectivity index (χ0v) is 36.5. The molecular formula is C47H92NO5+. The summed E-state index contributed by atoms with van der Waals surface area (Å²) in [6, 6.07) is 0. The van der Waals surface area contributed by atoms with Crippen LogP contribution in [0.2, 0.25) is 0 Å². The van der Waals surface area contributed by atoms with Gasteiger partial charge in [0.15, 0.2) is 0 Å². The molecule has 1 rings (SSSR count). The van der Waals surface area contributed by atoms with Crippen LogP contribution in [0.15, 0.2) is 24.3 Å². The molecule has 0 amide bonds. The molecule has 6 nitrogen and oxygen atoms in total. The molecule has 1 saturated heterocycles. The maximum absolute atomic E-state index is 6.33. The van der Waals surface area contributed by atoms with E-state index < -0.39 is 5.97 Å². The van der Waals surface area contributed by atoms with E-state index in [9.17, 15) is 0 Å². The van der Waals surface area contributed by atoms with Crippen molar-refractivity contribution in [3.05, 3.63) is 24.3 Å². The number of allylic oxidation sites excluding steroid dienone is 4. The summed E-state index contributed by atoms with van der Waals surface area (Å²) < 4.78 is 31.7. The molecule has 1 aliphatic rings. The van der Waals surface area contributed by atoms with Gasteiger partial charge in [0, 0.05) is 20.1 Å². The van der Waals surface area contributed by atoms with Gasteiger partial charge in [0.25, 0.3) is 5.97 Å². The van der Waals surface area contributed by atoms with Crippen molar-refractivity contribution in [1.82, 2.24) is 0 Å². The van der Waals surface area contributed by atoms with Crippen molar-refractivity contribution in [2.45, 2.75) is 219 Å². The summed E-state index contributed by atoms with van der Waals surface area (Å²) in [6.45, 7) is 10.4. The standard InChI is InChI=1S/C47H92NO5/c1-7-9-11-13-15-17-19-21-23-25-27-29-31-33-35-37-39-49-42-46(44-52-47(3)51-43-45(53-47)41-48(4,5)6)50-40-38-36-34-32-30-28-26-24-22-20-18-16-14-12-10-8-2/h21-24,45-46H,7-20,25-44H2,1-6H3/q+1/b23-21-,24-22-. The zero-order valence-electron chi connectivity index (χ0n) is 36.5. The normalized spacial score (nSPS) is 18.6. The average molecular weight is 751 g/mol. The summed E-state index contributed by atoms with van der Waals surface area (Å²) in [6.07, 6.45) is 46.4. The van der Waals surface area contributed by atoms with Crippen LogP contribution in [0.4, 0.5) is 0 Å². The van der Waals surface area contributed by atoms with Gasteiger partial charge in [0.2, 0.25) is 0 Å². The molecular weight excluding hydrogens is 659 g/mol. The van der Waals surface area contributed by atoms with Gasteiger partial charge in [-0.1, -0.05) is 154 Å². The number of likely N-dealkylation sites (N-methyl/N-ethyl adjacent to an activating group) is 1. The van der Waals surface area contributed by atoms with Gasteiger partial charge < -0.3 is 28.2 Å². The average Bonchev–Trinajstić information content (AvgIpc) is 3.49. The van der Waals surface area contributed by atoms with Crippen LogP contribution in [-0.2, 0) is 23.7 Å². The maximum atomic E-state index is 6.33. The Morgan fingerprint density at radius 1 is 0.566 bits per heavy atom. The smallest absolute Gasteiger partial charge is 0.280 e. The van der Waals surface area contributed by atoms with E-state index in [1.165, 1.54) is 167 Å². The van der Waals surface area contributed by atoms with Crippen LogP contribution >= 0.6 is 0 Å². The summed E-state index contributed by atoms with van der Waals surface area (Å²) in [4.78, 5) is 0. The van der Waals surface area contributed by atoms with Crippen molar-refractivity contribution in [2.75, 3.05) is 60.7 Å². The molecule has 0 aromatic carbocycles. The fraction of sp³-hybridized carbons (Fsp3) is 0.915. The minimum atomic E-state index is -1.02. The topological polar surface area (TPSA) is 46.2 Å². The highest BCUT2D eigenvalue weighted by Gasteiger charge is 2.41. The molecule has 314 valence electrons. The van der Waals surface area contributed by atoms with Gasteiger partial charge in [-0.2, -0.15) is 0 Å². The molecule has 0 saturated carbocycles. The van der Waals surface area contributed by atoms with Crippen LogP contribution in [0.3, 0.4) is 0 Å². The van der Waals surface area contributed by atoms with Crippen molar-refractivity contribution < 1.29 is 28.2 Å². The molecule has 6 heteroatoms. The lowest BCUT2D eigenvalue weighted by Gasteiger charge is -2.29. The summed E-state index contributed by atoms with van der Waals surface area (Å²) in [5, 5.41) is 0. The first-order chi connectivity index (χ1) is 25.8. The highest BCUT2D eigenvalue weighted by atomic mass is 16.9. The van der Waals surface area contributed by atoms with Crippen molar-refractivity contribution in [1.29, 1.82) is 0 Å². The predicted octanol–water partition coefficient (Wildman–Crippen LogP) is 13.3. The molecule has 0 aromatic rings. The summed E-state index contributed by atoms with van der Waals surface area (Å²) in [5.41, 5.74) is 0. The van der Waals surface area contributed by atoms with Crippen molar-refractivity contribution in [3.63, 3.8) is 0 Å². The third-order valence-corrected chi connectivity index (χ3v) is 10.3. The van der Waals surface area contributed by atoms with Crippen LogP contribution in [0.5, 0.6) is 0 Å². The van der Waals surface area contributed by atoms with Crippen molar-refractivity contribution in [2.24, 2.45) is 0 Å². The van der Waals surface area contributed by atoms with E-state index in [-0.39, 0.29) is 12.2 Å². The van der Waals surface area contributed by atoms with E-state index in [0.717, 1.165) is 37.1 Å². The summed E-state index contributed by atoms with van der Waals surface area (Å²) >= 11 is 0. The Bertz CT molecular complexity index is 826. The van der Waals surface area contributed by atoms with Gasteiger partial charge in [0.05, 0.1) is 41.0 Å². The zero-order chi connectivity index (χ0) is 38.6. The molecule has 0 aliphatic carbocycles. The minimum absolute atomic E-state index is 0.0307. The number of unbranched alkanes of at least 4 members (excludes halogenated alkanes) is 24. The summed E-state index contributed by atoms with van der Waals surface area (Å²) in [7, 11) is 6.52.